The number of hydrogen-bond donors (Lipinski definition) is 1. The molecule has 6 heteroatoms. The molecule has 6 nitrogen and oxygen atoms in total. The fourth-order valence-electron chi connectivity index (χ4n) is 3.05. The van der Waals surface area contributed by atoms with Gasteiger partial charge in [-0.1, -0.05) is 42.5 Å². The van der Waals surface area contributed by atoms with E-state index in [2.05, 4.69) is 22.5 Å². The number of Topliss-reactive ketones (excluding diaryl/α,β-unsaturated/α-hetero) is 1. The summed E-state index contributed by atoms with van der Waals surface area (Å²) in [5.74, 6) is 0.361. The molecule has 4 aromatic rings. The second-order valence-corrected chi connectivity index (χ2v) is 6.99. The Kier molecular flexibility index (Phi) is 5.89. The fourth-order valence-corrected chi connectivity index (χ4v) is 3.05. The monoisotopic (exact) mass is 411 g/mol. The molecule has 0 aliphatic carbocycles. The summed E-state index contributed by atoms with van der Waals surface area (Å²) in [6.07, 6.45) is 1.69. The van der Waals surface area contributed by atoms with Crippen molar-refractivity contribution in [3.8, 4) is 16.9 Å². The highest BCUT2D eigenvalue weighted by molar-refractivity contribution is 6.03. The van der Waals surface area contributed by atoms with Crippen molar-refractivity contribution in [3.05, 3.63) is 102 Å². The van der Waals surface area contributed by atoms with E-state index < -0.39 is 0 Å². The minimum atomic E-state index is -0.332. The van der Waals surface area contributed by atoms with Crippen molar-refractivity contribution in [1.29, 1.82) is 0 Å². The Bertz CT molecular complexity index is 1180. The van der Waals surface area contributed by atoms with Gasteiger partial charge in [0.25, 0.3) is 5.91 Å². The van der Waals surface area contributed by atoms with Gasteiger partial charge >= 0.3 is 0 Å². The van der Waals surface area contributed by atoms with Crippen LogP contribution >= 0.6 is 0 Å². The number of amides is 1. The Morgan fingerprint density at radius 2 is 1.55 bits per heavy atom. The van der Waals surface area contributed by atoms with E-state index in [0.717, 1.165) is 11.1 Å². The summed E-state index contributed by atoms with van der Waals surface area (Å²) >= 11 is 0. The van der Waals surface area contributed by atoms with Gasteiger partial charge in [0.05, 0.1) is 0 Å². The average Bonchev–Trinajstić information content (AvgIpc) is 3.28. The SMILES string of the molecule is CC(=O)c1ccc(NC(=O)c2ccn(COc3ccc(-c4ccccc4)cc3)n2)cc1. The summed E-state index contributed by atoms with van der Waals surface area (Å²) in [6.45, 7) is 1.69. The zero-order valence-corrected chi connectivity index (χ0v) is 17.0. The molecule has 1 heterocycles. The van der Waals surface area contributed by atoms with E-state index in [1.807, 2.05) is 42.5 Å². The van der Waals surface area contributed by atoms with Crippen LogP contribution in [0.2, 0.25) is 0 Å². The number of ketones is 1. The van der Waals surface area contributed by atoms with E-state index in [1.165, 1.54) is 6.92 Å². The lowest BCUT2D eigenvalue weighted by molar-refractivity contribution is 0.101. The van der Waals surface area contributed by atoms with Crippen molar-refractivity contribution < 1.29 is 14.3 Å². The number of ether oxygens (including phenoxy) is 1. The molecule has 0 radical (unpaired) electrons. The molecule has 0 atom stereocenters. The van der Waals surface area contributed by atoms with Crippen molar-refractivity contribution in [1.82, 2.24) is 9.78 Å². The number of carbonyl (C=O) groups is 2. The van der Waals surface area contributed by atoms with Gasteiger partial charge < -0.3 is 10.1 Å². The summed E-state index contributed by atoms with van der Waals surface area (Å²) in [7, 11) is 0. The highest BCUT2D eigenvalue weighted by Gasteiger charge is 2.10. The van der Waals surface area contributed by atoms with Gasteiger partial charge in [-0.2, -0.15) is 5.10 Å². The molecular weight excluding hydrogens is 390 g/mol. The molecule has 0 fully saturated rings. The molecule has 3 aromatic carbocycles. The maximum atomic E-state index is 12.4. The first kappa shape index (κ1) is 20.1. The molecule has 0 saturated carbocycles. The maximum absolute atomic E-state index is 12.4. The predicted molar refractivity (Wildman–Crippen MR) is 119 cm³/mol. The molecule has 0 aliphatic rings. The van der Waals surface area contributed by atoms with Crippen LogP contribution < -0.4 is 10.1 Å². The predicted octanol–water partition coefficient (Wildman–Crippen LogP) is 5.04. The summed E-state index contributed by atoms with van der Waals surface area (Å²) in [4.78, 5) is 23.7. The first-order valence-corrected chi connectivity index (χ1v) is 9.82. The molecule has 4 rings (SSSR count). The largest absolute Gasteiger partial charge is 0.471 e. The Balaban J connectivity index is 1.33. The minimum absolute atomic E-state index is 0.0219. The van der Waals surface area contributed by atoms with Gasteiger partial charge in [0.15, 0.2) is 18.2 Å². The molecule has 31 heavy (non-hydrogen) atoms. The number of aromatic nitrogens is 2. The molecule has 0 spiro atoms. The molecule has 1 amide bonds. The van der Waals surface area contributed by atoms with E-state index in [0.29, 0.717) is 17.0 Å². The third-order valence-electron chi connectivity index (χ3n) is 4.75. The van der Waals surface area contributed by atoms with E-state index >= 15 is 0 Å². The fraction of sp³-hybridized carbons (Fsp3) is 0.0800. The molecule has 0 bridgehead atoms. The lowest BCUT2D eigenvalue weighted by Crippen LogP contribution is -2.14. The number of carbonyl (C=O) groups excluding carboxylic acids is 2. The first-order chi connectivity index (χ1) is 15.1. The van der Waals surface area contributed by atoms with Crippen LogP contribution in [-0.4, -0.2) is 21.5 Å². The standard InChI is InChI=1S/C25H21N3O3/c1-18(29)19-7-11-22(12-8-19)26-25(30)24-15-16-28(27-24)17-31-23-13-9-21(10-14-23)20-5-3-2-4-6-20/h2-16H,17H2,1H3,(H,26,30). The Hall–Kier alpha value is -4.19. The van der Waals surface area contributed by atoms with Gasteiger partial charge in [-0.25, -0.2) is 4.68 Å². The molecule has 0 unspecified atom stereocenters. The molecular formula is C25H21N3O3. The van der Waals surface area contributed by atoms with Crippen molar-refractivity contribution in [2.24, 2.45) is 0 Å². The summed E-state index contributed by atoms with van der Waals surface area (Å²) in [5, 5.41) is 7.02. The third kappa shape index (κ3) is 5.05. The van der Waals surface area contributed by atoms with Crippen molar-refractivity contribution in [2.75, 3.05) is 5.32 Å². The quantitative estimate of drug-likeness (QED) is 0.432. The lowest BCUT2D eigenvalue weighted by Gasteiger charge is -2.08. The van der Waals surface area contributed by atoms with Crippen LogP contribution in [-0.2, 0) is 6.73 Å². The van der Waals surface area contributed by atoms with Gasteiger partial charge in [-0.3, -0.25) is 9.59 Å². The molecule has 154 valence electrons. The first-order valence-electron chi connectivity index (χ1n) is 9.82. The van der Waals surface area contributed by atoms with E-state index in [1.54, 1.807) is 41.2 Å². The number of nitrogens with one attached hydrogen (secondary N) is 1. The number of nitrogens with zero attached hydrogens (tertiary/aromatic N) is 2. The van der Waals surface area contributed by atoms with Gasteiger partial charge in [-0.05, 0) is 60.5 Å². The van der Waals surface area contributed by atoms with Crippen LogP contribution in [0.25, 0.3) is 11.1 Å². The Morgan fingerprint density at radius 1 is 0.871 bits per heavy atom. The van der Waals surface area contributed by atoms with Crippen LogP contribution in [0.5, 0.6) is 5.75 Å². The summed E-state index contributed by atoms with van der Waals surface area (Å²) in [6, 6.07) is 26.3. The second kappa shape index (κ2) is 9.09. The zero-order chi connectivity index (χ0) is 21.6. The van der Waals surface area contributed by atoms with Crippen LogP contribution in [0.15, 0.2) is 91.1 Å². The minimum Gasteiger partial charge on any atom is -0.471 e. The van der Waals surface area contributed by atoms with E-state index in [4.69, 9.17) is 4.74 Å². The smallest absolute Gasteiger partial charge is 0.276 e. The lowest BCUT2D eigenvalue weighted by atomic mass is 10.1. The Labute approximate surface area is 180 Å². The number of hydrogen-bond acceptors (Lipinski definition) is 4. The third-order valence-corrected chi connectivity index (χ3v) is 4.75. The maximum Gasteiger partial charge on any atom is 0.276 e. The second-order valence-electron chi connectivity index (χ2n) is 6.99. The van der Waals surface area contributed by atoms with Crippen LogP contribution in [0, 0.1) is 0 Å². The average molecular weight is 411 g/mol. The van der Waals surface area contributed by atoms with Crippen LogP contribution in [0.4, 0.5) is 5.69 Å². The van der Waals surface area contributed by atoms with Crippen molar-refractivity contribution in [2.45, 2.75) is 13.7 Å². The van der Waals surface area contributed by atoms with Crippen LogP contribution in [0.3, 0.4) is 0 Å². The molecule has 0 saturated heterocycles. The van der Waals surface area contributed by atoms with Gasteiger partial charge in [-0.15, -0.1) is 0 Å². The van der Waals surface area contributed by atoms with Crippen molar-refractivity contribution >= 4 is 17.4 Å². The number of benzene rings is 3. The topological polar surface area (TPSA) is 73.2 Å². The molecule has 0 aliphatic heterocycles. The van der Waals surface area contributed by atoms with Crippen molar-refractivity contribution in [3.63, 3.8) is 0 Å². The zero-order valence-electron chi connectivity index (χ0n) is 17.0. The highest BCUT2D eigenvalue weighted by Crippen LogP contribution is 2.22. The van der Waals surface area contributed by atoms with E-state index in [-0.39, 0.29) is 24.1 Å². The molecule has 1 aromatic heterocycles. The van der Waals surface area contributed by atoms with E-state index in [9.17, 15) is 9.59 Å². The summed E-state index contributed by atoms with van der Waals surface area (Å²) in [5.41, 5.74) is 3.73. The molecule has 1 N–H and O–H groups in total. The number of rotatable bonds is 7. The van der Waals surface area contributed by atoms with Gasteiger partial charge in [0.2, 0.25) is 0 Å². The Morgan fingerprint density at radius 3 is 2.23 bits per heavy atom. The number of anilines is 1. The highest BCUT2D eigenvalue weighted by atomic mass is 16.5. The normalized spacial score (nSPS) is 10.5. The van der Waals surface area contributed by atoms with Crippen LogP contribution in [0.1, 0.15) is 27.8 Å². The summed E-state index contributed by atoms with van der Waals surface area (Å²) < 4.78 is 7.32. The van der Waals surface area contributed by atoms with Gasteiger partial charge in [0.1, 0.15) is 5.75 Å². The van der Waals surface area contributed by atoms with Gasteiger partial charge in [0, 0.05) is 17.4 Å².